The van der Waals surface area contributed by atoms with Gasteiger partial charge in [-0.2, -0.15) is 0 Å². The number of carboxylic acids is 1. The lowest BCUT2D eigenvalue weighted by molar-refractivity contribution is -0.132. The molecule has 0 atom stereocenters. The molecule has 0 radical (unpaired) electrons. The molecule has 0 amide bonds. The lowest BCUT2D eigenvalue weighted by Gasteiger charge is -2.11. The van der Waals surface area contributed by atoms with Crippen LogP contribution >= 0.6 is 0 Å². The van der Waals surface area contributed by atoms with E-state index >= 15 is 0 Å². The minimum atomic E-state index is -1.09. The molecule has 8 heteroatoms. The Hall–Kier alpha value is -3.94. The number of ether oxygens (including phenoxy) is 1. The van der Waals surface area contributed by atoms with Crippen LogP contribution in [0.3, 0.4) is 0 Å². The van der Waals surface area contributed by atoms with Crippen LogP contribution in [0.15, 0.2) is 42.6 Å². The maximum Gasteiger partial charge on any atom is 0.335 e. The van der Waals surface area contributed by atoms with Gasteiger partial charge in [-0.05, 0) is 38.0 Å². The highest BCUT2D eigenvalue weighted by Crippen LogP contribution is 2.27. The van der Waals surface area contributed by atoms with Crippen molar-refractivity contribution in [2.24, 2.45) is 0 Å². The molecule has 1 aromatic carbocycles. The molecule has 2 aromatic heterocycles. The van der Waals surface area contributed by atoms with Crippen molar-refractivity contribution in [1.29, 1.82) is 0 Å². The van der Waals surface area contributed by atoms with E-state index in [0.717, 1.165) is 34.9 Å². The van der Waals surface area contributed by atoms with Gasteiger partial charge in [0.1, 0.15) is 11.3 Å². The van der Waals surface area contributed by atoms with Crippen molar-refractivity contribution in [3.63, 3.8) is 0 Å². The minimum absolute atomic E-state index is 0.0375. The largest absolute Gasteiger partial charge is 0.497 e. The Morgan fingerprint density at radius 1 is 1.32 bits per heavy atom. The topological polar surface area (TPSA) is 109 Å². The van der Waals surface area contributed by atoms with E-state index in [-0.39, 0.29) is 5.57 Å². The van der Waals surface area contributed by atoms with Crippen molar-refractivity contribution in [2.45, 2.75) is 25.8 Å². The lowest BCUT2D eigenvalue weighted by Crippen LogP contribution is -2.31. The molecule has 8 nitrogen and oxygen atoms in total. The number of methoxy groups -OCH3 is 1. The molecule has 1 fully saturated rings. The molecular formula is C23H23N5O3. The van der Waals surface area contributed by atoms with Crippen LogP contribution in [0.4, 0.5) is 17.5 Å². The Morgan fingerprint density at radius 3 is 2.81 bits per heavy atom. The summed E-state index contributed by atoms with van der Waals surface area (Å²) in [7, 11) is 1.61. The summed E-state index contributed by atoms with van der Waals surface area (Å²) in [4.78, 5) is 25.1. The Labute approximate surface area is 179 Å². The smallest absolute Gasteiger partial charge is 0.335 e. The molecule has 0 bridgehead atoms. The number of carbonyl (C=O) groups is 1. The molecule has 1 aliphatic carbocycles. The third-order valence-electron chi connectivity index (χ3n) is 4.93. The Balaban J connectivity index is 1.85. The quantitative estimate of drug-likeness (QED) is 0.503. The molecule has 4 rings (SSSR count). The number of nitrogens with one attached hydrogen (secondary N) is 2. The highest BCUT2D eigenvalue weighted by Gasteiger charge is 2.23. The summed E-state index contributed by atoms with van der Waals surface area (Å²) < 4.78 is 5.27. The van der Waals surface area contributed by atoms with Crippen molar-refractivity contribution in [3.05, 3.63) is 53.2 Å². The molecule has 31 heavy (non-hydrogen) atoms. The zero-order chi connectivity index (χ0) is 22.0. The van der Waals surface area contributed by atoms with Crippen LogP contribution in [-0.4, -0.2) is 39.2 Å². The average Bonchev–Trinajstić information content (AvgIpc) is 3.58. The van der Waals surface area contributed by atoms with Gasteiger partial charge in [-0.3, -0.25) is 0 Å². The normalized spacial score (nSPS) is 14.5. The number of fused-ring (bicyclic) bond motifs is 1. The minimum Gasteiger partial charge on any atom is -0.497 e. The van der Waals surface area contributed by atoms with Gasteiger partial charge in [0.2, 0.25) is 5.95 Å². The van der Waals surface area contributed by atoms with E-state index in [0.29, 0.717) is 28.7 Å². The second-order valence-corrected chi connectivity index (χ2v) is 7.25. The third kappa shape index (κ3) is 4.48. The molecule has 3 aromatic rings. The Morgan fingerprint density at radius 2 is 2.13 bits per heavy atom. The van der Waals surface area contributed by atoms with Gasteiger partial charge in [-0.1, -0.05) is 18.7 Å². The molecule has 3 N–H and O–H groups in total. The van der Waals surface area contributed by atoms with Crippen LogP contribution in [0.5, 0.6) is 5.75 Å². The van der Waals surface area contributed by atoms with Crippen molar-refractivity contribution in [3.8, 4) is 5.75 Å². The average molecular weight is 417 g/mol. The van der Waals surface area contributed by atoms with Crippen molar-refractivity contribution < 1.29 is 14.6 Å². The van der Waals surface area contributed by atoms with E-state index in [1.54, 1.807) is 13.3 Å². The summed E-state index contributed by atoms with van der Waals surface area (Å²) in [6.07, 6.45) is 7.19. The van der Waals surface area contributed by atoms with Gasteiger partial charge < -0.3 is 20.5 Å². The highest BCUT2D eigenvalue weighted by atomic mass is 16.5. The fraction of sp³-hybridized carbons (Fsp3) is 0.217. The lowest BCUT2D eigenvalue weighted by atomic mass is 10.1. The van der Waals surface area contributed by atoms with Crippen LogP contribution in [0, 0.1) is 0 Å². The SMILES string of the molecule is C=C(/C=c1/nc(NC2CC2)c2nc(Nc3cccc(OC)c3)ncc2/c1=C/C)C(=O)O. The van der Waals surface area contributed by atoms with Crippen molar-refractivity contribution in [2.75, 3.05) is 17.7 Å². The predicted octanol–water partition coefficient (Wildman–Crippen LogP) is 2.57. The summed E-state index contributed by atoms with van der Waals surface area (Å²) in [6, 6.07) is 7.84. The fourth-order valence-electron chi connectivity index (χ4n) is 3.18. The van der Waals surface area contributed by atoms with E-state index in [4.69, 9.17) is 9.72 Å². The van der Waals surface area contributed by atoms with Crippen molar-refractivity contribution >= 4 is 46.5 Å². The van der Waals surface area contributed by atoms with Gasteiger partial charge >= 0.3 is 5.97 Å². The molecule has 2 heterocycles. The summed E-state index contributed by atoms with van der Waals surface area (Å²) >= 11 is 0. The molecule has 1 aliphatic rings. The summed E-state index contributed by atoms with van der Waals surface area (Å²) in [5.74, 6) is 0.666. The zero-order valence-electron chi connectivity index (χ0n) is 17.3. The third-order valence-corrected chi connectivity index (χ3v) is 4.93. The molecule has 0 aliphatic heterocycles. The van der Waals surface area contributed by atoms with Gasteiger partial charge in [-0.25, -0.2) is 19.7 Å². The molecule has 0 saturated heterocycles. The first-order valence-electron chi connectivity index (χ1n) is 9.93. The van der Waals surface area contributed by atoms with E-state index < -0.39 is 5.97 Å². The predicted molar refractivity (Wildman–Crippen MR) is 121 cm³/mol. The van der Waals surface area contributed by atoms with Gasteiger partial charge in [0.25, 0.3) is 0 Å². The number of rotatable bonds is 7. The molecule has 0 spiro atoms. The number of aromatic nitrogens is 3. The van der Waals surface area contributed by atoms with Gasteiger partial charge in [0.05, 0.1) is 18.0 Å². The van der Waals surface area contributed by atoms with Crippen LogP contribution < -0.4 is 25.9 Å². The van der Waals surface area contributed by atoms with Crippen LogP contribution in [0.25, 0.3) is 23.1 Å². The van der Waals surface area contributed by atoms with E-state index in [2.05, 4.69) is 27.2 Å². The monoisotopic (exact) mass is 417 g/mol. The van der Waals surface area contributed by atoms with E-state index in [1.807, 2.05) is 37.3 Å². The second kappa shape index (κ2) is 8.43. The number of aliphatic carboxylic acids is 1. The number of benzene rings is 1. The number of carboxylic acid groups (broad SMARTS) is 1. The molecule has 158 valence electrons. The molecule has 0 unspecified atom stereocenters. The second-order valence-electron chi connectivity index (χ2n) is 7.25. The zero-order valence-corrected chi connectivity index (χ0v) is 17.3. The number of hydrogen-bond donors (Lipinski definition) is 3. The number of anilines is 3. The number of nitrogens with zero attached hydrogens (tertiary/aromatic N) is 3. The maximum absolute atomic E-state index is 11.3. The molecular weight excluding hydrogens is 394 g/mol. The standard InChI is InChI=1S/C23H23N5O3/c1-4-17-18-12-24-23(26-15-6-5-7-16(11-15)31-3)28-20(18)21(25-14-8-9-14)27-19(17)10-13(2)22(29)30/h4-7,10-12,14H,2,8-9H2,1,3H3,(H,25,27)(H,29,30)(H,24,26,28)/b17-4-,19-10+. The van der Waals surface area contributed by atoms with Gasteiger partial charge in [0, 0.05) is 34.6 Å². The van der Waals surface area contributed by atoms with Gasteiger partial charge in [0.15, 0.2) is 5.82 Å². The first-order valence-corrected chi connectivity index (χ1v) is 9.93. The van der Waals surface area contributed by atoms with Crippen LogP contribution in [0.1, 0.15) is 19.8 Å². The summed E-state index contributed by atoms with van der Waals surface area (Å²) in [5, 5.41) is 17.9. The summed E-state index contributed by atoms with van der Waals surface area (Å²) in [5.41, 5.74) is 1.43. The Kier molecular flexibility index (Phi) is 5.53. The number of hydrogen-bond acceptors (Lipinski definition) is 7. The maximum atomic E-state index is 11.3. The van der Waals surface area contributed by atoms with Crippen molar-refractivity contribution in [1.82, 2.24) is 15.0 Å². The van der Waals surface area contributed by atoms with Crippen LogP contribution in [-0.2, 0) is 4.79 Å². The Bertz CT molecular complexity index is 1300. The van der Waals surface area contributed by atoms with Crippen LogP contribution in [0.2, 0.25) is 0 Å². The highest BCUT2D eigenvalue weighted by molar-refractivity contribution is 5.96. The fourth-order valence-corrected chi connectivity index (χ4v) is 3.18. The van der Waals surface area contributed by atoms with E-state index in [1.165, 1.54) is 6.08 Å². The first-order chi connectivity index (χ1) is 15.0. The van der Waals surface area contributed by atoms with E-state index in [9.17, 15) is 9.90 Å². The van der Waals surface area contributed by atoms with Gasteiger partial charge in [-0.15, -0.1) is 0 Å². The molecule has 1 saturated carbocycles. The first kappa shape index (κ1) is 20.3. The summed E-state index contributed by atoms with van der Waals surface area (Å²) in [6.45, 7) is 5.47. The number of pyridine rings is 1.